The summed E-state index contributed by atoms with van der Waals surface area (Å²) in [6.07, 6.45) is 1.82. The maximum Gasteiger partial charge on any atom is 0.251 e. The largest absolute Gasteiger partial charge is 0.488 e. The zero-order valence-electron chi connectivity index (χ0n) is 13.0. The van der Waals surface area contributed by atoms with Crippen molar-refractivity contribution in [3.8, 4) is 5.75 Å². The molecule has 1 aliphatic rings. The molecule has 1 amide bonds. The molecule has 0 spiro atoms. The lowest BCUT2D eigenvalue weighted by molar-refractivity contribution is -0.119. The molecule has 0 bridgehead atoms. The zero-order chi connectivity index (χ0) is 15.6. The first kappa shape index (κ1) is 18.8. The van der Waals surface area contributed by atoms with Gasteiger partial charge in [0.1, 0.15) is 12.4 Å². The van der Waals surface area contributed by atoms with E-state index in [4.69, 9.17) is 22.1 Å². The minimum Gasteiger partial charge on any atom is -0.488 e. The molecule has 0 saturated heterocycles. The molecule has 2 rings (SSSR count). The van der Waals surface area contributed by atoms with E-state index in [0.717, 1.165) is 11.3 Å². The Balaban J connectivity index is 0.00000242. The Morgan fingerprint density at radius 3 is 2.77 bits per heavy atom. The lowest BCUT2D eigenvalue weighted by Gasteiger charge is -2.34. The van der Waals surface area contributed by atoms with Crippen molar-refractivity contribution >= 4 is 36.0 Å². The minimum absolute atomic E-state index is 0. The van der Waals surface area contributed by atoms with E-state index in [2.05, 4.69) is 5.32 Å². The highest BCUT2D eigenvalue weighted by Crippen LogP contribution is 2.29. The molecule has 0 aliphatic carbocycles. The summed E-state index contributed by atoms with van der Waals surface area (Å²) < 4.78 is 5.60. The highest BCUT2D eigenvalue weighted by Gasteiger charge is 2.30. The van der Waals surface area contributed by atoms with Gasteiger partial charge in [-0.05, 0) is 37.1 Å². The van der Waals surface area contributed by atoms with Crippen LogP contribution in [-0.4, -0.2) is 24.6 Å². The van der Waals surface area contributed by atoms with Crippen molar-refractivity contribution in [3.63, 3.8) is 0 Å². The van der Waals surface area contributed by atoms with Crippen LogP contribution in [0.4, 0.5) is 0 Å². The molecule has 0 radical (unpaired) electrons. The first-order valence-corrected chi connectivity index (χ1v) is 7.39. The van der Waals surface area contributed by atoms with Crippen LogP contribution in [0.2, 0.25) is 5.02 Å². The van der Waals surface area contributed by atoms with E-state index in [1.54, 1.807) is 18.2 Å². The zero-order valence-corrected chi connectivity index (χ0v) is 14.6. The number of benzene rings is 1. The molecule has 0 aromatic heterocycles. The first-order chi connectivity index (χ1) is 9.85. The van der Waals surface area contributed by atoms with Gasteiger partial charge in [-0.2, -0.15) is 0 Å². The summed E-state index contributed by atoms with van der Waals surface area (Å²) in [7, 11) is 0. The van der Waals surface area contributed by atoms with Gasteiger partial charge in [0.25, 0.3) is 5.91 Å². The Morgan fingerprint density at radius 1 is 1.50 bits per heavy atom. The third kappa shape index (κ3) is 3.94. The van der Waals surface area contributed by atoms with Crippen LogP contribution in [0.3, 0.4) is 0 Å². The predicted octanol–water partition coefficient (Wildman–Crippen LogP) is 3.03. The molecular formula is C16H22Cl2N2O2. The summed E-state index contributed by atoms with van der Waals surface area (Å²) >= 11 is 5.97. The normalized spacial score (nSPS) is 15.8. The lowest BCUT2D eigenvalue weighted by Crippen LogP contribution is -2.55. The van der Waals surface area contributed by atoms with Crippen LogP contribution in [0.25, 0.3) is 6.08 Å². The van der Waals surface area contributed by atoms with Crippen LogP contribution in [0.5, 0.6) is 5.75 Å². The number of hydrogen-bond donors (Lipinski definition) is 2. The van der Waals surface area contributed by atoms with E-state index in [-0.39, 0.29) is 30.8 Å². The molecule has 122 valence electrons. The highest BCUT2D eigenvalue weighted by molar-refractivity contribution is 6.30. The Hall–Kier alpha value is -1.23. The minimum atomic E-state index is -0.438. The Bertz CT molecular complexity index is 588. The maximum atomic E-state index is 12.4. The second kappa shape index (κ2) is 7.36. The van der Waals surface area contributed by atoms with Crippen molar-refractivity contribution in [3.05, 3.63) is 34.4 Å². The summed E-state index contributed by atoms with van der Waals surface area (Å²) in [5.41, 5.74) is 6.75. The maximum absolute atomic E-state index is 12.4. The molecule has 1 aromatic carbocycles. The van der Waals surface area contributed by atoms with Crippen molar-refractivity contribution in [2.75, 3.05) is 13.2 Å². The monoisotopic (exact) mass is 344 g/mol. The van der Waals surface area contributed by atoms with Crippen LogP contribution in [0.1, 0.15) is 26.3 Å². The fourth-order valence-corrected chi connectivity index (χ4v) is 2.23. The summed E-state index contributed by atoms with van der Waals surface area (Å²) in [5.74, 6) is 0.821. The van der Waals surface area contributed by atoms with E-state index >= 15 is 0 Å². The van der Waals surface area contributed by atoms with E-state index in [9.17, 15) is 4.79 Å². The van der Waals surface area contributed by atoms with Crippen LogP contribution in [0, 0.1) is 5.92 Å². The first-order valence-electron chi connectivity index (χ1n) is 7.01. The molecule has 1 unspecified atom stereocenters. The van der Waals surface area contributed by atoms with Gasteiger partial charge in [0.2, 0.25) is 0 Å². The fraction of sp³-hybridized carbons (Fsp3) is 0.438. The van der Waals surface area contributed by atoms with E-state index in [1.165, 1.54) is 0 Å². The van der Waals surface area contributed by atoms with Gasteiger partial charge in [-0.3, -0.25) is 4.79 Å². The Morgan fingerprint density at radius 2 is 2.18 bits per heavy atom. The SMILES string of the molecule is CC(C)C(C)(CN)NC(=O)C1=Cc2cc(Cl)ccc2OC1.Cl. The molecule has 3 N–H and O–H groups in total. The molecule has 6 heteroatoms. The second-order valence-electron chi connectivity index (χ2n) is 5.87. The van der Waals surface area contributed by atoms with Crippen LogP contribution < -0.4 is 15.8 Å². The third-order valence-electron chi connectivity index (χ3n) is 4.07. The summed E-state index contributed by atoms with van der Waals surface area (Å²) in [6.45, 7) is 6.65. The molecule has 4 nitrogen and oxygen atoms in total. The van der Waals surface area contributed by atoms with Gasteiger partial charge >= 0.3 is 0 Å². The van der Waals surface area contributed by atoms with Gasteiger partial charge < -0.3 is 15.8 Å². The van der Waals surface area contributed by atoms with Gasteiger partial charge in [-0.1, -0.05) is 25.4 Å². The third-order valence-corrected chi connectivity index (χ3v) is 4.31. The van der Waals surface area contributed by atoms with E-state index in [1.807, 2.05) is 26.8 Å². The number of nitrogens with two attached hydrogens (primary N) is 1. The average molecular weight is 345 g/mol. The molecular weight excluding hydrogens is 323 g/mol. The van der Waals surface area contributed by atoms with Gasteiger partial charge in [0.05, 0.1) is 11.1 Å². The number of fused-ring (bicyclic) bond motifs is 1. The number of rotatable bonds is 4. The highest BCUT2D eigenvalue weighted by atomic mass is 35.5. The van der Waals surface area contributed by atoms with Crippen LogP contribution in [-0.2, 0) is 4.79 Å². The van der Waals surface area contributed by atoms with Crippen molar-refractivity contribution in [2.45, 2.75) is 26.3 Å². The van der Waals surface area contributed by atoms with Crippen LogP contribution in [0.15, 0.2) is 23.8 Å². The summed E-state index contributed by atoms with van der Waals surface area (Å²) in [4.78, 5) is 12.4. The number of amides is 1. The van der Waals surface area contributed by atoms with Gasteiger partial charge in [-0.25, -0.2) is 0 Å². The average Bonchev–Trinajstić information content (AvgIpc) is 2.45. The number of ether oxygens (including phenoxy) is 1. The molecule has 0 fully saturated rings. The molecule has 0 saturated carbocycles. The molecule has 1 heterocycles. The van der Waals surface area contributed by atoms with E-state index in [0.29, 0.717) is 17.1 Å². The Labute approximate surface area is 142 Å². The molecule has 1 aromatic rings. The fourth-order valence-electron chi connectivity index (χ4n) is 2.05. The standard InChI is InChI=1S/C16H21ClN2O2.ClH/c1-10(2)16(3,9-18)19-15(20)12-6-11-7-13(17)4-5-14(11)21-8-12;/h4-7,10H,8-9,18H2,1-3H3,(H,19,20);1H. The van der Waals surface area contributed by atoms with Crippen molar-refractivity contribution in [1.82, 2.24) is 5.32 Å². The molecule has 22 heavy (non-hydrogen) atoms. The smallest absolute Gasteiger partial charge is 0.251 e. The number of nitrogens with one attached hydrogen (secondary N) is 1. The van der Waals surface area contributed by atoms with Gasteiger partial charge in [0.15, 0.2) is 0 Å². The molecule has 1 aliphatic heterocycles. The lowest BCUT2D eigenvalue weighted by atomic mass is 9.88. The topological polar surface area (TPSA) is 64.3 Å². The Kier molecular flexibility index (Phi) is 6.29. The van der Waals surface area contributed by atoms with Crippen molar-refractivity contribution in [1.29, 1.82) is 0 Å². The number of hydrogen-bond acceptors (Lipinski definition) is 3. The van der Waals surface area contributed by atoms with Gasteiger partial charge in [-0.15, -0.1) is 12.4 Å². The van der Waals surface area contributed by atoms with Gasteiger partial charge in [0, 0.05) is 17.1 Å². The van der Waals surface area contributed by atoms with E-state index < -0.39 is 5.54 Å². The van der Waals surface area contributed by atoms with Crippen molar-refractivity contribution in [2.24, 2.45) is 11.7 Å². The summed E-state index contributed by atoms with van der Waals surface area (Å²) in [6, 6.07) is 5.36. The summed E-state index contributed by atoms with van der Waals surface area (Å²) in [5, 5.41) is 3.63. The number of halogens is 2. The van der Waals surface area contributed by atoms with Crippen LogP contribution >= 0.6 is 24.0 Å². The predicted molar refractivity (Wildman–Crippen MR) is 92.6 cm³/mol. The number of carbonyl (C=O) groups is 1. The number of carbonyl (C=O) groups excluding carboxylic acids is 1. The molecule has 1 atom stereocenters. The van der Waals surface area contributed by atoms with Crippen molar-refractivity contribution < 1.29 is 9.53 Å². The second-order valence-corrected chi connectivity index (χ2v) is 6.31. The quantitative estimate of drug-likeness (QED) is 0.882.